The molecule has 0 spiro atoms. The normalized spacial score (nSPS) is 14.8. The smallest absolute Gasteiger partial charge is 0.237 e. The van der Waals surface area contributed by atoms with Gasteiger partial charge in [0.2, 0.25) is 11.8 Å². The topological polar surface area (TPSA) is 125 Å². The molecule has 0 atom stereocenters. The van der Waals surface area contributed by atoms with E-state index < -0.39 is 0 Å². The highest BCUT2D eigenvalue weighted by Gasteiger charge is 2.26. The number of hydrogen-bond acceptors (Lipinski definition) is 6. The Morgan fingerprint density at radius 2 is 1.90 bits per heavy atom. The largest absolute Gasteiger partial charge is 0.368 e. The van der Waals surface area contributed by atoms with Crippen LogP contribution in [0.25, 0.3) is 5.69 Å². The van der Waals surface area contributed by atoms with E-state index in [1.54, 1.807) is 21.6 Å². The number of hydrogen-bond donors (Lipinski definition) is 1. The fraction of sp³-hybridized carbons (Fsp3) is 0.368. The van der Waals surface area contributed by atoms with Gasteiger partial charge in [-0.2, -0.15) is 0 Å². The zero-order valence-electron chi connectivity index (χ0n) is 15.9. The lowest BCUT2D eigenvalue weighted by molar-refractivity contribution is -0.131. The minimum Gasteiger partial charge on any atom is -0.368 e. The molecule has 0 radical (unpaired) electrons. The molecule has 2 amide bonds. The monoisotopic (exact) mass is 394 g/mol. The Hall–Kier alpha value is -3.56. The van der Waals surface area contributed by atoms with Crippen molar-refractivity contribution in [3.8, 4) is 5.69 Å². The zero-order chi connectivity index (χ0) is 20.2. The van der Waals surface area contributed by atoms with Crippen molar-refractivity contribution in [2.45, 2.75) is 31.7 Å². The van der Waals surface area contributed by atoms with E-state index in [1.807, 2.05) is 29.2 Å². The number of amides is 2. The van der Waals surface area contributed by atoms with Gasteiger partial charge in [0.05, 0.1) is 12.1 Å². The number of piperidine rings is 1. The molecule has 10 heteroatoms. The van der Waals surface area contributed by atoms with E-state index in [9.17, 15) is 9.59 Å². The fourth-order valence-electron chi connectivity index (χ4n) is 3.70. The van der Waals surface area contributed by atoms with Crippen molar-refractivity contribution in [2.75, 3.05) is 13.1 Å². The van der Waals surface area contributed by atoms with Crippen molar-refractivity contribution < 1.29 is 9.59 Å². The van der Waals surface area contributed by atoms with Crippen molar-refractivity contribution in [3.63, 3.8) is 0 Å². The van der Waals surface area contributed by atoms with E-state index in [4.69, 9.17) is 5.73 Å². The lowest BCUT2D eigenvalue weighted by atomic mass is 9.95. The van der Waals surface area contributed by atoms with Crippen molar-refractivity contribution in [3.05, 3.63) is 54.4 Å². The summed E-state index contributed by atoms with van der Waals surface area (Å²) in [4.78, 5) is 30.2. The van der Waals surface area contributed by atoms with Gasteiger partial charge in [0, 0.05) is 31.4 Å². The van der Waals surface area contributed by atoms with Gasteiger partial charge in [-0.25, -0.2) is 9.67 Å². The predicted octanol–water partition coefficient (Wildman–Crippen LogP) is 0.293. The zero-order valence-corrected chi connectivity index (χ0v) is 15.9. The fourth-order valence-corrected chi connectivity index (χ4v) is 3.70. The summed E-state index contributed by atoms with van der Waals surface area (Å²) in [6.07, 6.45) is 6.99. The van der Waals surface area contributed by atoms with Crippen LogP contribution in [-0.2, 0) is 22.6 Å². The van der Waals surface area contributed by atoms with Gasteiger partial charge in [-0.3, -0.25) is 9.59 Å². The van der Waals surface area contributed by atoms with Gasteiger partial charge < -0.3 is 15.2 Å². The highest BCUT2D eigenvalue weighted by molar-refractivity contribution is 5.79. The number of tetrazole rings is 1. The van der Waals surface area contributed by atoms with Gasteiger partial charge in [0.15, 0.2) is 0 Å². The lowest BCUT2D eigenvalue weighted by Crippen LogP contribution is -2.39. The van der Waals surface area contributed by atoms with Crippen molar-refractivity contribution in [1.29, 1.82) is 0 Å². The second-order valence-electron chi connectivity index (χ2n) is 7.13. The van der Waals surface area contributed by atoms with Crippen LogP contribution < -0.4 is 5.73 Å². The average molecular weight is 394 g/mol. The number of nitrogens with two attached hydrogens (primary N) is 1. The Kier molecular flexibility index (Phi) is 5.32. The molecule has 10 nitrogen and oxygen atoms in total. The van der Waals surface area contributed by atoms with Gasteiger partial charge in [-0.15, -0.1) is 5.10 Å². The third kappa shape index (κ3) is 4.31. The molecule has 0 aliphatic carbocycles. The first-order valence-corrected chi connectivity index (χ1v) is 9.49. The van der Waals surface area contributed by atoms with Gasteiger partial charge in [0.1, 0.15) is 18.7 Å². The summed E-state index contributed by atoms with van der Waals surface area (Å²) in [6, 6.07) is 7.62. The molecule has 3 aromatic rings. The van der Waals surface area contributed by atoms with Crippen LogP contribution in [0, 0.1) is 0 Å². The van der Waals surface area contributed by atoms with Crippen molar-refractivity contribution in [1.82, 2.24) is 34.7 Å². The summed E-state index contributed by atoms with van der Waals surface area (Å²) in [6.45, 7) is 1.49. The summed E-state index contributed by atoms with van der Waals surface area (Å²) < 4.78 is 3.37. The molecule has 1 aliphatic rings. The Bertz CT molecular complexity index is 972. The maximum atomic E-state index is 12.7. The highest BCUT2D eigenvalue weighted by atomic mass is 16.2. The summed E-state index contributed by atoms with van der Waals surface area (Å²) >= 11 is 0. The molecule has 3 heterocycles. The van der Waals surface area contributed by atoms with Gasteiger partial charge in [-0.1, -0.05) is 12.1 Å². The summed E-state index contributed by atoms with van der Waals surface area (Å²) in [5.41, 5.74) is 7.10. The first kappa shape index (κ1) is 18.8. The first-order valence-electron chi connectivity index (χ1n) is 9.49. The molecular weight excluding hydrogens is 372 g/mol. The van der Waals surface area contributed by atoms with Crippen LogP contribution in [0.3, 0.4) is 0 Å². The number of imidazole rings is 1. The number of likely N-dealkylation sites (tertiary alicyclic amines) is 1. The maximum Gasteiger partial charge on any atom is 0.237 e. The molecule has 4 rings (SSSR count). The Morgan fingerprint density at radius 1 is 1.14 bits per heavy atom. The van der Waals surface area contributed by atoms with Crippen LogP contribution in [0.2, 0.25) is 0 Å². The minimum absolute atomic E-state index is 0.110. The van der Waals surface area contributed by atoms with Crippen molar-refractivity contribution in [2.24, 2.45) is 5.73 Å². The van der Waals surface area contributed by atoms with E-state index in [0.29, 0.717) is 19.5 Å². The Morgan fingerprint density at radius 3 is 2.55 bits per heavy atom. The number of carbonyl (C=O) groups excluding carboxylic acids is 2. The molecule has 2 aromatic heterocycles. The number of nitrogens with zero attached hydrogens (tertiary/aromatic N) is 7. The third-order valence-corrected chi connectivity index (χ3v) is 5.19. The first-order chi connectivity index (χ1) is 14.1. The van der Waals surface area contributed by atoms with Gasteiger partial charge in [0.25, 0.3) is 0 Å². The molecule has 1 aliphatic heterocycles. The van der Waals surface area contributed by atoms with Crippen LogP contribution in [0.15, 0.2) is 43.0 Å². The minimum atomic E-state index is -0.386. The quantitative estimate of drug-likeness (QED) is 0.641. The summed E-state index contributed by atoms with van der Waals surface area (Å²) in [5.74, 6) is 0.820. The molecule has 1 fully saturated rings. The van der Waals surface area contributed by atoms with Crippen LogP contribution in [0.5, 0.6) is 0 Å². The Labute approximate surface area is 167 Å². The molecule has 29 heavy (non-hydrogen) atoms. The number of primary amides is 1. The number of benzene rings is 1. The second kappa shape index (κ2) is 8.21. The molecular formula is C19H22N8O2. The number of aromatic nitrogens is 6. The van der Waals surface area contributed by atoms with E-state index in [0.717, 1.165) is 29.9 Å². The SMILES string of the molecule is NC(=O)Cn1ccnc1C1CCN(C(=O)Cc2ccc(-n3cnnn3)cc2)CC1. The number of rotatable bonds is 6. The van der Waals surface area contributed by atoms with Gasteiger partial charge >= 0.3 is 0 Å². The maximum absolute atomic E-state index is 12.7. The molecule has 2 N–H and O–H groups in total. The van der Waals surface area contributed by atoms with Crippen LogP contribution >= 0.6 is 0 Å². The van der Waals surface area contributed by atoms with E-state index in [2.05, 4.69) is 20.5 Å². The Balaban J connectivity index is 1.32. The molecule has 0 saturated carbocycles. The summed E-state index contributed by atoms with van der Waals surface area (Å²) in [5, 5.41) is 11.1. The van der Waals surface area contributed by atoms with E-state index in [1.165, 1.54) is 6.33 Å². The molecule has 1 aromatic carbocycles. The molecule has 0 unspecified atom stereocenters. The second-order valence-corrected chi connectivity index (χ2v) is 7.13. The average Bonchev–Trinajstić information content (AvgIpc) is 3.40. The number of carbonyl (C=O) groups is 2. The molecule has 150 valence electrons. The molecule has 1 saturated heterocycles. The van der Waals surface area contributed by atoms with Crippen LogP contribution in [0.4, 0.5) is 0 Å². The van der Waals surface area contributed by atoms with Crippen LogP contribution in [0.1, 0.15) is 30.1 Å². The summed E-state index contributed by atoms with van der Waals surface area (Å²) in [7, 11) is 0. The predicted molar refractivity (Wildman–Crippen MR) is 103 cm³/mol. The van der Waals surface area contributed by atoms with Crippen LogP contribution in [-0.4, -0.2) is 59.6 Å². The third-order valence-electron chi connectivity index (χ3n) is 5.19. The van der Waals surface area contributed by atoms with Crippen molar-refractivity contribution >= 4 is 11.8 Å². The standard InChI is InChI=1S/C19H22N8O2/c20-17(28)12-26-10-7-21-19(26)15-5-8-25(9-6-15)18(29)11-14-1-3-16(4-2-14)27-13-22-23-24-27/h1-4,7,10,13,15H,5-6,8-9,11-12H2,(H2,20,28). The molecule has 0 bridgehead atoms. The van der Waals surface area contributed by atoms with E-state index in [-0.39, 0.29) is 24.3 Å². The lowest BCUT2D eigenvalue weighted by Gasteiger charge is -2.32. The highest BCUT2D eigenvalue weighted by Crippen LogP contribution is 2.27. The van der Waals surface area contributed by atoms with E-state index >= 15 is 0 Å². The van der Waals surface area contributed by atoms with Gasteiger partial charge in [-0.05, 0) is 41.0 Å².